The molecule has 132 valence electrons. The maximum Gasteiger partial charge on any atom is 0.253 e. The van der Waals surface area contributed by atoms with Crippen molar-refractivity contribution in [3.63, 3.8) is 0 Å². The highest BCUT2D eigenvalue weighted by atomic mass is 19.1. The van der Waals surface area contributed by atoms with Gasteiger partial charge in [0.15, 0.2) is 0 Å². The first-order valence-electron chi connectivity index (χ1n) is 8.37. The maximum absolute atomic E-state index is 13.5. The average molecular weight is 344 g/mol. The van der Waals surface area contributed by atoms with Crippen LogP contribution >= 0.6 is 0 Å². The van der Waals surface area contributed by atoms with E-state index < -0.39 is 6.10 Å². The lowest BCUT2D eigenvalue weighted by Crippen LogP contribution is -2.30. The van der Waals surface area contributed by atoms with Gasteiger partial charge in [0.25, 0.3) is 5.91 Å². The molecule has 0 bridgehead atoms. The SMILES string of the molecule is C[C@@H](OC[C@@H]1CCCO1)C(=O)Nc1cnccc1-c1cccc(F)c1. The topological polar surface area (TPSA) is 60.5 Å². The number of carbonyl (C=O) groups is 1. The standard InChI is InChI=1S/C19H21FN2O3/c1-13(25-12-16-6-3-9-24-16)19(23)22-18-11-21-8-7-17(18)14-4-2-5-15(20)10-14/h2,4-5,7-8,10-11,13,16H,3,6,9,12H2,1H3,(H,22,23)/t13-,16+/m1/s1. The third kappa shape index (κ3) is 4.61. The lowest BCUT2D eigenvalue weighted by Gasteiger charge is -2.17. The largest absolute Gasteiger partial charge is 0.376 e. The average Bonchev–Trinajstić information content (AvgIpc) is 3.13. The molecule has 0 aliphatic carbocycles. The summed E-state index contributed by atoms with van der Waals surface area (Å²) in [6.07, 6.45) is 4.58. The maximum atomic E-state index is 13.5. The molecule has 1 N–H and O–H groups in total. The van der Waals surface area contributed by atoms with Gasteiger partial charge in [-0.1, -0.05) is 12.1 Å². The molecule has 3 rings (SSSR count). The number of hydrogen-bond donors (Lipinski definition) is 1. The normalized spacial score (nSPS) is 18.1. The Morgan fingerprint density at radius 2 is 2.36 bits per heavy atom. The van der Waals surface area contributed by atoms with E-state index in [0.29, 0.717) is 23.4 Å². The first-order valence-corrected chi connectivity index (χ1v) is 8.37. The van der Waals surface area contributed by atoms with Crippen LogP contribution in [-0.2, 0) is 14.3 Å². The predicted molar refractivity (Wildman–Crippen MR) is 92.6 cm³/mol. The van der Waals surface area contributed by atoms with Crippen LogP contribution in [0.2, 0.25) is 0 Å². The van der Waals surface area contributed by atoms with Crippen molar-refractivity contribution in [1.82, 2.24) is 4.98 Å². The van der Waals surface area contributed by atoms with Gasteiger partial charge in [0.05, 0.1) is 24.6 Å². The third-order valence-corrected chi connectivity index (χ3v) is 4.14. The molecular formula is C19H21FN2O3. The summed E-state index contributed by atoms with van der Waals surface area (Å²) < 4.78 is 24.6. The highest BCUT2D eigenvalue weighted by Gasteiger charge is 2.20. The molecule has 1 aliphatic rings. The molecule has 1 fully saturated rings. The minimum atomic E-state index is -0.621. The van der Waals surface area contributed by atoms with E-state index in [1.165, 1.54) is 12.1 Å². The van der Waals surface area contributed by atoms with Crippen molar-refractivity contribution in [3.8, 4) is 11.1 Å². The van der Waals surface area contributed by atoms with E-state index in [1.807, 2.05) is 0 Å². The second kappa shape index (κ2) is 8.18. The summed E-state index contributed by atoms with van der Waals surface area (Å²) in [6, 6.07) is 7.95. The summed E-state index contributed by atoms with van der Waals surface area (Å²) >= 11 is 0. The van der Waals surface area contributed by atoms with E-state index in [0.717, 1.165) is 19.4 Å². The zero-order chi connectivity index (χ0) is 17.6. The van der Waals surface area contributed by atoms with Crippen LogP contribution in [0.15, 0.2) is 42.7 Å². The van der Waals surface area contributed by atoms with Gasteiger partial charge in [0, 0.05) is 18.4 Å². The van der Waals surface area contributed by atoms with E-state index in [1.54, 1.807) is 37.5 Å². The van der Waals surface area contributed by atoms with Gasteiger partial charge in [-0.3, -0.25) is 9.78 Å². The third-order valence-electron chi connectivity index (χ3n) is 4.14. The molecule has 0 unspecified atom stereocenters. The van der Waals surface area contributed by atoms with Crippen LogP contribution in [0.5, 0.6) is 0 Å². The Labute approximate surface area is 146 Å². The second-order valence-electron chi connectivity index (χ2n) is 6.03. The van der Waals surface area contributed by atoms with Crippen LogP contribution in [0, 0.1) is 5.82 Å². The van der Waals surface area contributed by atoms with Crippen molar-refractivity contribution < 1.29 is 18.7 Å². The number of halogens is 1. The highest BCUT2D eigenvalue weighted by Crippen LogP contribution is 2.27. The molecule has 2 aromatic rings. The van der Waals surface area contributed by atoms with Crippen molar-refractivity contribution >= 4 is 11.6 Å². The molecule has 5 nitrogen and oxygen atoms in total. The summed E-state index contributed by atoms with van der Waals surface area (Å²) in [5.74, 6) is -0.608. The summed E-state index contributed by atoms with van der Waals surface area (Å²) in [7, 11) is 0. The molecule has 2 heterocycles. The Hall–Kier alpha value is -2.31. The quantitative estimate of drug-likeness (QED) is 0.872. The number of ether oxygens (including phenoxy) is 2. The van der Waals surface area contributed by atoms with Crippen LogP contribution in [0.1, 0.15) is 19.8 Å². The Morgan fingerprint density at radius 1 is 1.48 bits per heavy atom. The fourth-order valence-electron chi connectivity index (χ4n) is 2.74. The van der Waals surface area contributed by atoms with Gasteiger partial charge < -0.3 is 14.8 Å². The van der Waals surface area contributed by atoms with Crippen LogP contribution in [0.4, 0.5) is 10.1 Å². The fourth-order valence-corrected chi connectivity index (χ4v) is 2.74. The number of anilines is 1. The van der Waals surface area contributed by atoms with Gasteiger partial charge in [0.2, 0.25) is 0 Å². The zero-order valence-corrected chi connectivity index (χ0v) is 14.1. The smallest absolute Gasteiger partial charge is 0.253 e. The summed E-state index contributed by atoms with van der Waals surface area (Å²) in [5.41, 5.74) is 1.89. The Kier molecular flexibility index (Phi) is 5.73. The molecule has 25 heavy (non-hydrogen) atoms. The molecule has 6 heteroatoms. The number of pyridine rings is 1. The van der Waals surface area contributed by atoms with Gasteiger partial charge in [-0.05, 0) is 43.5 Å². The number of aromatic nitrogens is 1. The number of carbonyl (C=O) groups excluding carboxylic acids is 1. The number of benzene rings is 1. The van der Waals surface area contributed by atoms with Crippen molar-refractivity contribution in [1.29, 1.82) is 0 Å². The predicted octanol–water partition coefficient (Wildman–Crippen LogP) is 3.41. The molecule has 0 spiro atoms. The van der Waals surface area contributed by atoms with Crippen molar-refractivity contribution in [2.75, 3.05) is 18.5 Å². The summed E-state index contributed by atoms with van der Waals surface area (Å²) in [5, 5.41) is 2.81. The molecule has 1 saturated heterocycles. The van der Waals surface area contributed by atoms with Crippen LogP contribution < -0.4 is 5.32 Å². The van der Waals surface area contributed by atoms with Gasteiger partial charge in [0.1, 0.15) is 11.9 Å². The molecule has 1 aromatic carbocycles. The van der Waals surface area contributed by atoms with E-state index in [-0.39, 0.29) is 17.8 Å². The molecule has 2 atom stereocenters. The van der Waals surface area contributed by atoms with E-state index in [9.17, 15) is 9.18 Å². The molecular weight excluding hydrogens is 323 g/mol. The van der Waals surface area contributed by atoms with Gasteiger partial charge in [-0.15, -0.1) is 0 Å². The number of amides is 1. The van der Waals surface area contributed by atoms with E-state index in [2.05, 4.69) is 10.3 Å². The van der Waals surface area contributed by atoms with Gasteiger partial charge >= 0.3 is 0 Å². The van der Waals surface area contributed by atoms with Crippen molar-refractivity contribution in [3.05, 3.63) is 48.5 Å². The molecule has 0 radical (unpaired) electrons. The number of rotatable bonds is 6. The van der Waals surface area contributed by atoms with Crippen molar-refractivity contribution in [2.45, 2.75) is 32.0 Å². The monoisotopic (exact) mass is 344 g/mol. The molecule has 1 aromatic heterocycles. The van der Waals surface area contributed by atoms with E-state index in [4.69, 9.17) is 9.47 Å². The first kappa shape index (κ1) is 17.5. The lowest BCUT2D eigenvalue weighted by atomic mass is 10.1. The van der Waals surface area contributed by atoms with E-state index >= 15 is 0 Å². The van der Waals surface area contributed by atoms with Crippen LogP contribution in [-0.4, -0.2) is 36.3 Å². The summed E-state index contributed by atoms with van der Waals surface area (Å²) in [4.78, 5) is 16.4. The summed E-state index contributed by atoms with van der Waals surface area (Å²) in [6.45, 7) is 2.85. The molecule has 0 saturated carbocycles. The van der Waals surface area contributed by atoms with Gasteiger partial charge in [-0.25, -0.2) is 4.39 Å². The highest BCUT2D eigenvalue weighted by molar-refractivity contribution is 5.97. The Morgan fingerprint density at radius 3 is 3.12 bits per heavy atom. The Bertz CT molecular complexity index is 732. The fraction of sp³-hybridized carbons (Fsp3) is 0.368. The number of hydrogen-bond acceptors (Lipinski definition) is 4. The molecule has 1 amide bonds. The van der Waals surface area contributed by atoms with Gasteiger partial charge in [-0.2, -0.15) is 0 Å². The minimum absolute atomic E-state index is 0.0662. The zero-order valence-electron chi connectivity index (χ0n) is 14.1. The number of nitrogens with one attached hydrogen (secondary N) is 1. The molecule has 1 aliphatic heterocycles. The first-order chi connectivity index (χ1) is 12.1. The van der Waals surface area contributed by atoms with Crippen molar-refractivity contribution in [2.24, 2.45) is 0 Å². The lowest BCUT2D eigenvalue weighted by molar-refractivity contribution is -0.128. The van der Waals surface area contributed by atoms with Crippen LogP contribution in [0.3, 0.4) is 0 Å². The second-order valence-corrected chi connectivity index (χ2v) is 6.03. The Balaban J connectivity index is 1.66. The van der Waals surface area contributed by atoms with Crippen LogP contribution in [0.25, 0.3) is 11.1 Å². The number of nitrogens with zero attached hydrogens (tertiary/aromatic N) is 1. The minimum Gasteiger partial charge on any atom is -0.376 e.